The van der Waals surface area contributed by atoms with Crippen molar-refractivity contribution < 1.29 is 26.9 Å². The molecule has 2 aromatic rings. The molecule has 0 spiro atoms. The van der Waals surface area contributed by atoms with Gasteiger partial charge in [0.05, 0.1) is 0 Å². The van der Waals surface area contributed by atoms with Crippen LogP contribution in [0.1, 0.15) is 0 Å². The van der Waals surface area contributed by atoms with Crippen LogP contribution >= 0.6 is 11.8 Å². The molecule has 0 aromatic heterocycles. The summed E-state index contributed by atoms with van der Waals surface area (Å²) in [7, 11) is -5.44. The number of benzene rings is 2. The van der Waals surface area contributed by atoms with E-state index in [1.807, 2.05) is 12.1 Å². The van der Waals surface area contributed by atoms with Crippen molar-refractivity contribution >= 4 is 21.9 Å². The zero-order valence-corrected chi connectivity index (χ0v) is 12.9. The minimum Gasteiger partial charge on any atom is -0.389 e. The smallest absolute Gasteiger partial charge is 0.389 e. The second kappa shape index (κ2) is 8.23. The van der Waals surface area contributed by atoms with E-state index in [9.17, 15) is 17.2 Å². The van der Waals surface area contributed by atoms with Gasteiger partial charge in [0.2, 0.25) is 0 Å². The van der Waals surface area contributed by atoms with Crippen molar-refractivity contribution in [3.8, 4) is 0 Å². The first kappa shape index (κ1) is 18.6. The second-order valence-electron chi connectivity index (χ2n) is 4.00. The molecule has 0 saturated carbocycles. The number of rotatable bonds is 4. The van der Waals surface area contributed by atoms with Crippen LogP contribution in [0, 0.1) is 0 Å². The van der Waals surface area contributed by atoms with Gasteiger partial charge >= 0.3 is 15.4 Å². The predicted octanol–water partition coefficient (Wildman–Crippen LogP) is 3.30. The second-order valence-corrected chi connectivity index (χ2v) is 6.69. The molecule has 0 fully saturated rings. The highest BCUT2D eigenvalue weighted by molar-refractivity contribution is 7.99. The summed E-state index contributed by atoms with van der Waals surface area (Å²) < 4.78 is 49.8. The van der Waals surface area contributed by atoms with Crippen molar-refractivity contribution in [1.82, 2.24) is 0 Å². The lowest BCUT2D eigenvalue weighted by molar-refractivity contribution is 0.0187. The van der Waals surface area contributed by atoms with Gasteiger partial charge < -0.3 is 5.11 Å². The fraction of sp³-hybridized carbons (Fsp3) is 0.143. The molecular formula is C14H14F2O4S2. The van der Waals surface area contributed by atoms with Crippen molar-refractivity contribution in [2.45, 2.75) is 15.0 Å². The molecule has 0 amide bonds. The Kier molecular flexibility index (Phi) is 6.95. The summed E-state index contributed by atoms with van der Waals surface area (Å²) in [6.07, 6.45) is 0. The molecule has 8 heteroatoms. The highest BCUT2D eigenvalue weighted by Gasteiger charge is 2.43. The third-order valence-electron chi connectivity index (χ3n) is 2.28. The minimum atomic E-state index is -5.44. The zero-order chi connectivity index (χ0) is 16.6. The largest absolute Gasteiger partial charge is 0.392 e. The van der Waals surface area contributed by atoms with E-state index in [1.165, 1.54) is 9.79 Å². The molecule has 120 valence electrons. The van der Waals surface area contributed by atoms with Crippen molar-refractivity contribution in [2.75, 3.05) is 6.61 Å². The van der Waals surface area contributed by atoms with Gasteiger partial charge in [-0.15, -0.1) is 0 Å². The maximum absolute atomic E-state index is 11.6. The lowest BCUT2D eigenvalue weighted by atomic mass is 10.4. The molecule has 0 aliphatic rings. The van der Waals surface area contributed by atoms with Gasteiger partial charge in [0.25, 0.3) is 0 Å². The number of aliphatic hydroxyl groups excluding tert-OH is 1. The quantitative estimate of drug-likeness (QED) is 0.829. The molecule has 0 saturated heterocycles. The van der Waals surface area contributed by atoms with Gasteiger partial charge in [-0.25, -0.2) is 0 Å². The lowest BCUT2D eigenvalue weighted by Crippen LogP contribution is -2.31. The Hall–Kier alpha value is -1.48. The van der Waals surface area contributed by atoms with Crippen LogP contribution in [0.2, 0.25) is 0 Å². The number of halogens is 2. The fourth-order valence-corrected chi connectivity index (χ4v) is 2.22. The summed E-state index contributed by atoms with van der Waals surface area (Å²) in [5, 5.41) is 3.20. The van der Waals surface area contributed by atoms with Gasteiger partial charge in [0.15, 0.2) is 0 Å². The van der Waals surface area contributed by atoms with E-state index in [4.69, 9.17) is 9.66 Å². The summed E-state index contributed by atoms with van der Waals surface area (Å²) in [6, 6.07) is 20.8. The molecule has 2 rings (SSSR count). The Morgan fingerprint density at radius 2 is 1.27 bits per heavy atom. The van der Waals surface area contributed by atoms with Crippen molar-refractivity contribution in [3.05, 3.63) is 60.7 Å². The third kappa shape index (κ3) is 6.10. The van der Waals surface area contributed by atoms with Crippen LogP contribution < -0.4 is 0 Å². The monoisotopic (exact) mass is 348 g/mol. The molecule has 0 aliphatic carbocycles. The van der Waals surface area contributed by atoms with Crippen LogP contribution in [0.15, 0.2) is 70.5 Å². The molecule has 0 bridgehead atoms. The molecule has 22 heavy (non-hydrogen) atoms. The van der Waals surface area contributed by atoms with E-state index in [-0.39, 0.29) is 0 Å². The first-order valence-corrected chi connectivity index (χ1v) is 8.25. The molecule has 0 heterocycles. The summed E-state index contributed by atoms with van der Waals surface area (Å²) in [4.78, 5) is 2.57. The van der Waals surface area contributed by atoms with Crippen molar-refractivity contribution in [3.63, 3.8) is 0 Å². The standard InChI is InChI=1S/C12H10S.C2H4F2O4S/c1-3-7-11(8-4-1)13-12-9-5-2-6-10-12;3-2(4,1-5)9(6,7)8/h1-10H;5H,1H2,(H,6,7,8). The van der Waals surface area contributed by atoms with E-state index in [0.717, 1.165) is 0 Å². The molecular weight excluding hydrogens is 334 g/mol. The van der Waals surface area contributed by atoms with Gasteiger partial charge in [-0.3, -0.25) is 4.55 Å². The SMILES string of the molecule is O=S(=O)(O)C(F)(F)CO.c1ccc(Sc2ccccc2)cc1. The van der Waals surface area contributed by atoms with E-state index in [2.05, 4.69) is 48.5 Å². The highest BCUT2D eigenvalue weighted by Crippen LogP contribution is 2.26. The first-order valence-electron chi connectivity index (χ1n) is 6.00. The van der Waals surface area contributed by atoms with E-state index in [1.54, 1.807) is 11.8 Å². The number of aliphatic hydroxyl groups is 1. The summed E-state index contributed by atoms with van der Waals surface area (Å²) in [5.41, 5.74) is 0. The van der Waals surface area contributed by atoms with E-state index in [0.29, 0.717) is 0 Å². The average molecular weight is 348 g/mol. The molecule has 2 aromatic carbocycles. The Balaban J connectivity index is 0.000000239. The van der Waals surface area contributed by atoms with Gasteiger partial charge in [-0.05, 0) is 24.3 Å². The van der Waals surface area contributed by atoms with E-state index < -0.39 is 22.0 Å². The normalized spacial score (nSPS) is 11.5. The maximum Gasteiger partial charge on any atom is 0.392 e. The van der Waals surface area contributed by atoms with Gasteiger partial charge in [-0.2, -0.15) is 17.2 Å². The van der Waals surface area contributed by atoms with Gasteiger partial charge in [0.1, 0.15) is 6.61 Å². The number of hydrogen-bond donors (Lipinski definition) is 2. The van der Waals surface area contributed by atoms with Crippen LogP contribution in [-0.4, -0.2) is 29.9 Å². The van der Waals surface area contributed by atoms with Crippen LogP contribution in [-0.2, 0) is 10.1 Å². The van der Waals surface area contributed by atoms with Gasteiger partial charge in [-0.1, -0.05) is 48.2 Å². The summed E-state index contributed by atoms with van der Waals surface area (Å²) in [6.45, 7) is -1.91. The predicted molar refractivity (Wildman–Crippen MR) is 80.6 cm³/mol. The first-order chi connectivity index (χ1) is 10.3. The average Bonchev–Trinajstić information content (AvgIpc) is 2.49. The fourth-order valence-electron chi connectivity index (χ4n) is 1.19. The number of hydrogen-bond acceptors (Lipinski definition) is 4. The molecule has 4 nitrogen and oxygen atoms in total. The highest BCUT2D eigenvalue weighted by atomic mass is 32.2. The Morgan fingerprint density at radius 3 is 1.50 bits per heavy atom. The topological polar surface area (TPSA) is 74.6 Å². The molecule has 2 N–H and O–H groups in total. The Bertz CT molecular complexity index is 624. The minimum absolute atomic E-state index is 1.29. The van der Waals surface area contributed by atoms with Crippen LogP contribution in [0.3, 0.4) is 0 Å². The maximum atomic E-state index is 11.6. The van der Waals surface area contributed by atoms with Gasteiger partial charge in [0, 0.05) is 9.79 Å². The number of alkyl halides is 2. The lowest BCUT2D eigenvalue weighted by Gasteiger charge is -2.06. The summed E-state index contributed by atoms with van der Waals surface area (Å²) >= 11 is 1.79. The van der Waals surface area contributed by atoms with Crippen LogP contribution in [0.5, 0.6) is 0 Å². The molecule has 0 unspecified atom stereocenters. The van der Waals surface area contributed by atoms with Crippen LogP contribution in [0.25, 0.3) is 0 Å². The molecule has 0 atom stereocenters. The van der Waals surface area contributed by atoms with Crippen LogP contribution in [0.4, 0.5) is 8.78 Å². The third-order valence-corrected chi connectivity index (χ3v) is 4.18. The summed E-state index contributed by atoms with van der Waals surface area (Å²) in [5.74, 6) is 0. The molecule has 0 radical (unpaired) electrons. The Labute approximate surface area is 131 Å². The zero-order valence-electron chi connectivity index (χ0n) is 11.3. The van der Waals surface area contributed by atoms with E-state index >= 15 is 0 Å². The Morgan fingerprint density at radius 1 is 0.909 bits per heavy atom. The van der Waals surface area contributed by atoms with Crippen molar-refractivity contribution in [1.29, 1.82) is 0 Å². The van der Waals surface area contributed by atoms with Crippen molar-refractivity contribution in [2.24, 2.45) is 0 Å². The molecule has 0 aliphatic heterocycles.